The summed E-state index contributed by atoms with van der Waals surface area (Å²) < 4.78 is 1.07. The van der Waals surface area contributed by atoms with Gasteiger partial charge in [-0.25, -0.2) is 0 Å². The van der Waals surface area contributed by atoms with Crippen LogP contribution in [0.3, 0.4) is 0 Å². The van der Waals surface area contributed by atoms with E-state index in [0.29, 0.717) is 6.04 Å². The van der Waals surface area contributed by atoms with E-state index in [1.807, 2.05) is 25.1 Å². The second-order valence-corrected chi connectivity index (χ2v) is 6.14. The first kappa shape index (κ1) is 15.3. The predicted octanol–water partition coefficient (Wildman–Crippen LogP) is 4.21. The Hall–Kier alpha value is -1.13. The maximum Gasteiger partial charge on any atom is 0.173 e. The van der Waals surface area contributed by atoms with Crippen molar-refractivity contribution in [3.63, 3.8) is 0 Å². The van der Waals surface area contributed by atoms with Gasteiger partial charge in [0.1, 0.15) is 0 Å². The minimum atomic E-state index is -0.0470. The fraction of sp³-hybridized carbons (Fsp3) is 0.438. The number of benzene rings is 1. The average molecular weight is 337 g/mol. The molecule has 3 unspecified atom stereocenters. The van der Waals surface area contributed by atoms with Gasteiger partial charge >= 0.3 is 0 Å². The molecule has 0 bridgehead atoms. The van der Waals surface area contributed by atoms with Gasteiger partial charge in [-0.2, -0.15) is 0 Å². The molecule has 1 aliphatic heterocycles. The van der Waals surface area contributed by atoms with E-state index in [-0.39, 0.29) is 12.1 Å². The van der Waals surface area contributed by atoms with Gasteiger partial charge in [0.25, 0.3) is 0 Å². The van der Waals surface area contributed by atoms with Gasteiger partial charge in [0.2, 0.25) is 0 Å². The van der Waals surface area contributed by atoms with Crippen molar-refractivity contribution in [2.24, 2.45) is 5.16 Å². The molecule has 1 aromatic carbocycles. The van der Waals surface area contributed by atoms with Gasteiger partial charge in [0, 0.05) is 10.5 Å². The third-order valence-corrected chi connectivity index (χ3v) is 4.06. The highest BCUT2D eigenvalue weighted by Gasteiger charge is 2.33. The Morgan fingerprint density at radius 1 is 1.45 bits per heavy atom. The molecule has 3 nitrogen and oxygen atoms in total. The Morgan fingerprint density at radius 2 is 2.15 bits per heavy atom. The normalized spacial score (nSPS) is 23.1. The lowest BCUT2D eigenvalue weighted by atomic mass is 9.98. The molecular weight excluding hydrogens is 316 g/mol. The second kappa shape index (κ2) is 7.04. The van der Waals surface area contributed by atoms with Crippen LogP contribution in [0.1, 0.15) is 38.4 Å². The van der Waals surface area contributed by atoms with Crippen molar-refractivity contribution >= 4 is 21.6 Å². The van der Waals surface area contributed by atoms with Crippen LogP contribution < -0.4 is 5.32 Å². The highest BCUT2D eigenvalue weighted by Crippen LogP contribution is 2.29. The Labute approximate surface area is 129 Å². The van der Waals surface area contributed by atoms with E-state index >= 15 is 0 Å². The van der Waals surface area contributed by atoms with Crippen molar-refractivity contribution in [3.05, 3.63) is 47.0 Å². The van der Waals surface area contributed by atoms with Crippen LogP contribution >= 0.6 is 15.9 Å². The van der Waals surface area contributed by atoms with Gasteiger partial charge in [0.15, 0.2) is 6.10 Å². The summed E-state index contributed by atoms with van der Waals surface area (Å²) in [5, 5.41) is 7.76. The zero-order chi connectivity index (χ0) is 14.5. The Balaban J connectivity index is 2.06. The molecular formula is C16H21BrN2O. The maximum atomic E-state index is 5.60. The summed E-state index contributed by atoms with van der Waals surface area (Å²) in [5.74, 6) is 0. The summed E-state index contributed by atoms with van der Waals surface area (Å²) in [7, 11) is 0. The molecule has 108 valence electrons. The molecule has 0 radical (unpaired) electrons. The van der Waals surface area contributed by atoms with Crippen LogP contribution in [0.5, 0.6) is 0 Å². The summed E-state index contributed by atoms with van der Waals surface area (Å²) in [6.45, 7) is 7.97. The second-order valence-electron chi connectivity index (χ2n) is 5.22. The molecule has 1 N–H and O–H groups in total. The number of halogens is 1. The van der Waals surface area contributed by atoms with E-state index in [2.05, 4.69) is 52.0 Å². The minimum Gasteiger partial charge on any atom is -0.386 e. The summed E-state index contributed by atoms with van der Waals surface area (Å²) in [6, 6.07) is 8.76. The SMILES string of the molecule is C=CCCC(C)NC1C(C)=NOC1c1ccc(Br)cc1. The molecule has 0 saturated heterocycles. The molecule has 0 aromatic heterocycles. The lowest BCUT2D eigenvalue weighted by Gasteiger charge is -2.23. The third kappa shape index (κ3) is 3.70. The van der Waals surface area contributed by atoms with Gasteiger partial charge in [0.05, 0.1) is 11.8 Å². The largest absolute Gasteiger partial charge is 0.386 e. The van der Waals surface area contributed by atoms with Crippen molar-refractivity contribution in [2.75, 3.05) is 0 Å². The molecule has 1 aliphatic rings. The molecule has 0 aliphatic carbocycles. The summed E-state index contributed by atoms with van der Waals surface area (Å²) in [4.78, 5) is 5.60. The van der Waals surface area contributed by atoms with Crippen LogP contribution in [-0.4, -0.2) is 17.8 Å². The number of nitrogens with one attached hydrogen (secondary N) is 1. The first-order valence-electron chi connectivity index (χ1n) is 6.94. The third-order valence-electron chi connectivity index (χ3n) is 3.53. The van der Waals surface area contributed by atoms with Crippen LogP contribution in [0.25, 0.3) is 0 Å². The molecule has 4 heteroatoms. The van der Waals surface area contributed by atoms with E-state index in [1.54, 1.807) is 0 Å². The fourth-order valence-electron chi connectivity index (χ4n) is 2.35. The van der Waals surface area contributed by atoms with Gasteiger partial charge in [-0.15, -0.1) is 6.58 Å². The van der Waals surface area contributed by atoms with Gasteiger partial charge in [-0.3, -0.25) is 0 Å². The average Bonchev–Trinajstić information content (AvgIpc) is 2.79. The Morgan fingerprint density at radius 3 is 2.80 bits per heavy atom. The van der Waals surface area contributed by atoms with Crippen LogP contribution in [0.15, 0.2) is 46.5 Å². The topological polar surface area (TPSA) is 33.6 Å². The monoisotopic (exact) mass is 336 g/mol. The molecule has 1 heterocycles. The van der Waals surface area contributed by atoms with Crippen molar-refractivity contribution < 1.29 is 4.84 Å². The van der Waals surface area contributed by atoms with Crippen molar-refractivity contribution in [1.29, 1.82) is 0 Å². The highest BCUT2D eigenvalue weighted by molar-refractivity contribution is 9.10. The highest BCUT2D eigenvalue weighted by atomic mass is 79.9. The number of oxime groups is 1. The number of allylic oxidation sites excluding steroid dienone is 1. The van der Waals surface area contributed by atoms with Crippen LogP contribution in [0.4, 0.5) is 0 Å². The lowest BCUT2D eigenvalue weighted by Crippen LogP contribution is -2.42. The zero-order valence-electron chi connectivity index (χ0n) is 12.0. The predicted molar refractivity (Wildman–Crippen MR) is 86.9 cm³/mol. The van der Waals surface area contributed by atoms with Gasteiger partial charge in [-0.1, -0.05) is 39.3 Å². The fourth-order valence-corrected chi connectivity index (χ4v) is 2.61. The molecule has 0 fully saturated rings. The van der Waals surface area contributed by atoms with Crippen molar-refractivity contribution in [2.45, 2.75) is 44.9 Å². The lowest BCUT2D eigenvalue weighted by molar-refractivity contribution is 0.0683. The first-order valence-corrected chi connectivity index (χ1v) is 7.74. The number of hydrogen-bond acceptors (Lipinski definition) is 3. The molecule has 20 heavy (non-hydrogen) atoms. The van der Waals surface area contributed by atoms with Crippen LogP contribution in [-0.2, 0) is 4.84 Å². The number of hydrogen-bond donors (Lipinski definition) is 1. The Bertz CT molecular complexity index is 484. The van der Waals surface area contributed by atoms with Crippen molar-refractivity contribution in [3.8, 4) is 0 Å². The summed E-state index contributed by atoms with van der Waals surface area (Å²) in [5.41, 5.74) is 2.14. The van der Waals surface area contributed by atoms with E-state index in [1.165, 1.54) is 0 Å². The standard InChI is InChI=1S/C16H21BrN2O/c1-4-5-6-11(2)18-15-12(3)19-20-16(15)13-7-9-14(17)10-8-13/h4,7-11,15-16,18H,1,5-6H2,2-3H3. The van der Waals surface area contributed by atoms with Crippen molar-refractivity contribution in [1.82, 2.24) is 5.32 Å². The molecule has 0 saturated carbocycles. The number of nitrogens with zero attached hydrogens (tertiary/aromatic N) is 1. The Kier molecular flexibility index (Phi) is 5.38. The molecule has 0 spiro atoms. The minimum absolute atomic E-state index is 0.0470. The molecule has 3 atom stereocenters. The summed E-state index contributed by atoms with van der Waals surface area (Å²) in [6.07, 6.45) is 3.99. The quantitative estimate of drug-likeness (QED) is 0.789. The zero-order valence-corrected chi connectivity index (χ0v) is 13.6. The number of rotatable bonds is 6. The molecule has 1 aromatic rings. The van der Waals surface area contributed by atoms with E-state index in [0.717, 1.165) is 28.6 Å². The van der Waals surface area contributed by atoms with Crippen LogP contribution in [0.2, 0.25) is 0 Å². The van der Waals surface area contributed by atoms with E-state index in [9.17, 15) is 0 Å². The summed E-state index contributed by atoms with van der Waals surface area (Å²) >= 11 is 3.46. The van der Waals surface area contributed by atoms with Gasteiger partial charge in [-0.05, 0) is 44.4 Å². The first-order chi connectivity index (χ1) is 9.61. The smallest absolute Gasteiger partial charge is 0.173 e. The van der Waals surface area contributed by atoms with E-state index < -0.39 is 0 Å². The maximum absolute atomic E-state index is 5.60. The van der Waals surface area contributed by atoms with Gasteiger partial charge < -0.3 is 10.2 Å². The van der Waals surface area contributed by atoms with Crippen LogP contribution in [0, 0.1) is 0 Å². The molecule has 2 rings (SSSR count). The van der Waals surface area contributed by atoms with E-state index in [4.69, 9.17) is 4.84 Å². The molecule has 0 amide bonds.